The first-order valence-electron chi connectivity index (χ1n) is 11.1. The smallest absolute Gasteiger partial charge is 0.0106 e. The summed E-state index contributed by atoms with van der Waals surface area (Å²) in [6.07, 6.45) is 19.3. The molecule has 1 nitrogen and oxygen atoms in total. The first kappa shape index (κ1) is 29.2. The van der Waals surface area contributed by atoms with Gasteiger partial charge in [-0.05, 0) is 37.6 Å². The molecule has 0 heterocycles. The van der Waals surface area contributed by atoms with E-state index in [4.69, 9.17) is 5.73 Å². The van der Waals surface area contributed by atoms with E-state index in [0.717, 1.165) is 12.5 Å². The summed E-state index contributed by atoms with van der Waals surface area (Å²) in [6.45, 7) is 18.1. The molecule has 1 atom stereocenters. The quantitative estimate of drug-likeness (QED) is 0.277. The third-order valence-corrected chi connectivity index (χ3v) is 3.96. The first-order chi connectivity index (χ1) is 12.0. The van der Waals surface area contributed by atoms with Gasteiger partial charge in [0.2, 0.25) is 0 Å². The fourth-order valence-corrected chi connectivity index (χ4v) is 2.62. The van der Waals surface area contributed by atoms with Crippen molar-refractivity contribution in [1.82, 2.24) is 0 Å². The summed E-state index contributed by atoms with van der Waals surface area (Å²) >= 11 is 0. The van der Waals surface area contributed by atoms with Crippen LogP contribution in [0.3, 0.4) is 0 Å². The Morgan fingerprint density at radius 3 is 1.92 bits per heavy atom. The Kier molecular flexibility index (Phi) is 30.0. The number of unbranched alkanes of at least 4 members (excludes halogenated alkanes) is 3. The molecule has 1 heteroatoms. The van der Waals surface area contributed by atoms with Crippen LogP contribution in [0.25, 0.3) is 0 Å². The third kappa shape index (κ3) is 25.8. The Hall–Kier alpha value is -0.560. The molecule has 0 aromatic heterocycles. The van der Waals surface area contributed by atoms with Gasteiger partial charge in [-0.25, -0.2) is 0 Å². The molecule has 0 saturated heterocycles. The van der Waals surface area contributed by atoms with E-state index >= 15 is 0 Å². The highest BCUT2D eigenvalue weighted by Gasteiger charge is 2.03. The van der Waals surface area contributed by atoms with Gasteiger partial charge in [0.15, 0.2) is 0 Å². The van der Waals surface area contributed by atoms with Crippen LogP contribution in [0.1, 0.15) is 113 Å². The highest BCUT2D eigenvalue weighted by molar-refractivity contribution is 5.19. The minimum atomic E-state index is 0.665. The van der Waals surface area contributed by atoms with Gasteiger partial charge in [-0.3, -0.25) is 0 Å². The number of rotatable bonds is 12. The second-order valence-electron chi connectivity index (χ2n) is 6.91. The zero-order chi connectivity index (χ0) is 19.9. The second kappa shape index (κ2) is 25.7. The van der Waals surface area contributed by atoms with Crippen molar-refractivity contribution in [2.24, 2.45) is 17.6 Å². The van der Waals surface area contributed by atoms with Crippen LogP contribution in [0.15, 0.2) is 23.8 Å². The SMILES string of the molecule is CC.CCCCCC(/C=C\CC(CC)CCCC)=C/C(C)C.CCN. The summed E-state index contributed by atoms with van der Waals surface area (Å²) in [4.78, 5) is 0. The van der Waals surface area contributed by atoms with Crippen molar-refractivity contribution in [2.75, 3.05) is 6.54 Å². The van der Waals surface area contributed by atoms with Gasteiger partial charge in [0, 0.05) is 0 Å². The lowest BCUT2D eigenvalue weighted by Crippen LogP contribution is -1.97. The lowest BCUT2D eigenvalue weighted by atomic mass is 9.94. The summed E-state index contributed by atoms with van der Waals surface area (Å²) in [5.41, 5.74) is 6.40. The largest absolute Gasteiger partial charge is 0.331 e. The molecule has 0 rings (SSSR count). The Bertz CT molecular complexity index is 276. The van der Waals surface area contributed by atoms with E-state index in [1.165, 1.54) is 57.8 Å². The predicted molar refractivity (Wildman–Crippen MR) is 120 cm³/mol. The highest BCUT2D eigenvalue weighted by atomic mass is 14.5. The van der Waals surface area contributed by atoms with Gasteiger partial charge in [-0.2, -0.15) is 0 Å². The summed E-state index contributed by atoms with van der Waals surface area (Å²) in [7, 11) is 0. The Morgan fingerprint density at radius 1 is 0.920 bits per heavy atom. The standard InChI is InChI=1S/C20H38.C2H7N.C2H6/c1-6-9-11-14-20(17-18(4)5)16-12-15-19(8-3)13-10-7-2;1-2-3;1-2/h12,16-19H,6-11,13-15H2,1-5H3;2-3H2,1H3;1-2H3/b16-12-,20-17-;;. The molecule has 2 N–H and O–H groups in total. The molecule has 0 aliphatic rings. The molecule has 0 saturated carbocycles. The van der Waals surface area contributed by atoms with Gasteiger partial charge in [0.25, 0.3) is 0 Å². The van der Waals surface area contributed by atoms with Crippen molar-refractivity contribution in [3.8, 4) is 0 Å². The second-order valence-corrected chi connectivity index (χ2v) is 6.91. The van der Waals surface area contributed by atoms with E-state index in [1.807, 2.05) is 20.8 Å². The van der Waals surface area contributed by atoms with Crippen LogP contribution in [0.2, 0.25) is 0 Å². The maximum atomic E-state index is 4.85. The zero-order valence-electron chi connectivity index (χ0n) is 19.0. The van der Waals surface area contributed by atoms with Gasteiger partial charge in [-0.1, -0.05) is 118 Å². The van der Waals surface area contributed by atoms with Crippen molar-refractivity contribution in [2.45, 2.75) is 113 Å². The van der Waals surface area contributed by atoms with E-state index in [0.29, 0.717) is 5.92 Å². The molecule has 0 spiro atoms. The van der Waals surface area contributed by atoms with Gasteiger partial charge in [0.1, 0.15) is 0 Å². The van der Waals surface area contributed by atoms with Crippen molar-refractivity contribution in [3.63, 3.8) is 0 Å². The molecule has 0 radical (unpaired) electrons. The minimum Gasteiger partial charge on any atom is -0.331 e. The number of hydrogen-bond donors (Lipinski definition) is 1. The molecule has 25 heavy (non-hydrogen) atoms. The third-order valence-electron chi connectivity index (χ3n) is 3.96. The maximum Gasteiger partial charge on any atom is -0.0106 e. The van der Waals surface area contributed by atoms with Gasteiger partial charge >= 0.3 is 0 Å². The van der Waals surface area contributed by atoms with Crippen molar-refractivity contribution >= 4 is 0 Å². The van der Waals surface area contributed by atoms with Crippen LogP contribution in [0.4, 0.5) is 0 Å². The fourth-order valence-electron chi connectivity index (χ4n) is 2.62. The van der Waals surface area contributed by atoms with Crippen molar-refractivity contribution in [3.05, 3.63) is 23.8 Å². The van der Waals surface area contributed by atoms with Crippen LogP contribution in [-0.2, 0) is 0 Å². The molecule has 0 aliphatic heterocycles. The zero-order valence-corrected chi connectivity index (χ0v) is 19.0. The van der Waals surface area contributed by atoms with E-state index in [-0.39, 0.29) is 0 Å². The molecule has 0 aromatic carbocycles. The minimum absolute atomic E-state index is 0.665. The monoisotopic (exact) mass is 353 g/mol. The van der Waals surface area contributed by atoms with Crippen LogP contribution in [0.5, 0.6) is 0 Å². The molecule has 0 fully saturated rings. The predicted octanol–water partition coefficient (Wildman–Crippen LogP) is 8.30. The fraction of sp³-hybridized carbons (Fsp3) is 0.833. The molecule has 0 bridgehead atoms. The molecule has 0 aromatic rings. The van der Waals surface area contributed by atoms with Crippen LogP contribution >= 0.6 is 0 Å². The Labute approximate surface area is 161 Å². The summed E-state index contributed by atoms with van der Waals surface area (Å²) in [6, 6.07) is 0. The summed E-state index contributed by atoms with van der Waals surface area (Å²) < 4.78 is 0. The van der Waals surface area contributed by atoms with Gasteiger partial charge in [0.05, 0.1) is 0 Å². The van der Waals surface area contributed by atoms with Crippen LogP contribution in [-0.4, -0.2) is 6.54 Å². The number of allylic oxidation sites excluding steroid dienone is 4. The molecule has 1 unspecified atom stereocenters. The van der Waals surface area contributed by atoms with E-state index in [2.05, 4.69) is 52.8 Å². The summed E-state index contributed by atoms with van der Waals surface area (Å²) in [5.74, 6) is 1.56. The average Bonchev–Trinajstić information content (AvgIpc) is 2.60. The van der Waals surface area contributed by atoms with Crippen LogP contribution < -0.4 is 5.73 Å². The maximum absolute atomic E-state index is 4.85. The highest BCUT2D eigenvalue weighted by Crippen LogP contribution is 2.19. The van der Waals surface area contributed by atoms with Crippen molar-refractivity contribution in [1.29, 1.82) is 0 Å². The topological polar surface area (TPSA) is 26.0 Å². The molecule has 0 amide bonds. The lowest BCUT2D eigenvalue weighted by molar-refractivity contribution is 0.456. The number of nitrogens with two attached hydrogens (primary N) is 1. The normalized spacial score (nSPS) is 12.5. The van der Waals surface area contributed by atoms with Crippen molar-refractivity contribution < 1.29 is 0 Å². The Balaban J connectivity index is -0.000000866. The average molecular weight is 354 g/mol. The molecular weight excluding hydrogens is 302 g/mol. The molecule has 152 valence electrons. The lowest BCUT2D eigenvalue weighted by Gasteiger charge is -2.11. The number of hydrogen-bond acceptors (Lipinski definition) is 1. The Morgan fingerprint density at radius 2 is 1.48 bits per heavy atom. The van der Waals surface area contributed by atoms with E-state index < -0.39 is 0 Å². The molecular formula is C24H51N. The van der Waals surface area contributed by atoms with Gasteiger partial charge in [-0.15, -0.1) is 0 Å². The first-order valence-corrected chi connectivity index (χ1v) is 11.1. The summed E-state index contributed by atoms with van der Waals surface area (Å²) in [5, 5.41) is 0. The van der Waals surface area contributed by atoms with Gasteiger partial charge < -0.3 is 5.73 Å². The van der Waals surface area contributed by atoms with E-state index in [1.54, 1.807) is 5.57 Å². The van der Waals surface area contributed by atoms with E-state index in [9.17, 15) is 0 Å². The molecule has 0 aliphatic carbocycles. The van der Waals surface area contributed by atoms with Crippen LogP contribution in [0, 0.1) is 11.8 Å².